The molecule has 1 atom stereocenters. The fourth-order valence-electron chi connectivity index (χ4n) is 2.95. The summed E-state index contributed by atoms with van der Waals surface area (Å²) in [5.41, 5.74) is 1.31. The van der Waals surface area contributed by atoms with Crippen molar-refractivity contribution in [2.24, 2.45) is 0 Å². The van der Waals surface area contributed by atoms with Crippen LogP contribution in [0.5, 0.6) is 5.75 Å². The second kappa shape index (κ2) is 6.25. The van der Waals surface area contributed by atoms with Crippen molar-refractivity contribution in [1.82, 2.24) is 4.90 Å². The summed E-state index contributed by atoms with van der Waals surface area (Å²) in [6.45, 7) is 1.93. The number of carbonyl (C=O) groups is 2. The Balaban J connectivity index is 1.75. The summed E-state index contributed by atoms with van der Waals surface area (Å²) >= 11 is 0. The lowest BCUT2D eigenvalue weighted by Crippen LogP contribution is -2.36. The molecule has 1 amide bonds. The number of amides is 1. The van der Waals surface area contributed by atoms with Crippen LogP contribution in [0.3, 0.4) is 0 Å². The molecule has 0 saturated carbocycles. The van der Waals surface area contributed by atoms with Crippen LogP contribution in [0, 0.1) is 0 Å². The molecule has 118 valence electrons. The zero-order valence-corrected chi connectivity index (χ0v) is 12.4. The fourth-order valence-corrected chi connectivity index (χ4v) is 2.95. The number of hydrogen-bond acceptors (Lipinski definition) is 4. The molecule has 6 nitrogen and oxygen atoms in total. The topological polar surface area (TPSA) is 78.9 Å². The molecule has 2 N–H and O–H groups in total. The number of carbonyl (C=O) groups excluding carboxylic acids is 1. The summed E-state index contributed by atoms with van der Waals surface area (Å²) in [5.74, 6) is -0.174. The zero-order chi connectivity index (χ0) is 15.5. The van der Waals surface area contributed by atoms with Crippen molar-refractivity contribution in [3.8, 4) is 5.75 Å². The Kier molecular flexibility index (Phi) is 4.18. The molecule has 3 rings (SSSR count). The molecular formula is C16H20N2O4. The number of nitrogens with zero attached hydrogens (tertiary/aromatic N) is 1. The first-order valence-corrected chi connectivity index (χ1v) is 7.68. The van der Waals surface area contributed by atoms with Crippen LogP contribution < -0.4 is 10.1 Å². The third-order valence-electron chi connectivity index (χ3n) is 4.09. The van der Waals surface area contributed by atoms with Crippen molar-refractivity contribution in [1.29, 1.82) is 0 Å². The Morgan fingerprint density at radius 1 is 1.27 bits per heavy atom. The molecule has 0 radical (unpaired) electrons. The standard InChI is InChI=1S/C16H20N2O4/c19-15(20)9-12-10-22-14-5-4-11(8-13(14)17-12)16(21)18-6-2-1-3-7-18/h4-5,8,12,17H,1-3,6-7,9-10H2,(H,19,20). The number of anilines is 1. The molecule has 1 saturated heterocycles. The molecule has 1 aromatic rings. The molecule has 1 unspecified atom stereocenters. The Morgan fingerprint density at radius 3 is 2.77 bits per heavy atom. The van der Waals surface area contributed by atoms with Gasteiger partial charge in [0.25, 0.3) is 5.91 Å². The normalized spacial score (nSPS) is 20.5. The van der Waals surface area contributed by atoms with Crippen molar-refractivity contribution in [2.75, 3.05) is 25.0 Å². The van der Waals surface area contributed by atoms with Gasteiger partial charge in [-0.3, -0.25) is 9.59 Å². The zero-order valence-electron chi connectivity index (χ0n) is 12.4. The van der Waals surface area contributed by atoms with Gasteiger partial charge >= 0.3 is 5.97 Å². The molecule has 2 aliphatic heterocycles. The van der Waals surface area contributed by atoms with E-state index >= 15 is 0 Å². The Morgan fingerprint density at radius 2 is 2.05 bits per heavy atom. The lowest BCUT2D eigenvalue weighted by Gasteiger charge is -2.29. The van der Waals surface area contributed by atoms with Gasteiger partial charge in [0.1, 0.15) is 12.4 Å². The highest BCUT2D eigenvalue weighted by atomic mass is 16.5. The third kappa shape index (κ3) is 3.16. The number of rotatable bonds is 3. The number of aliphatic carboxylic acids is 1. The second-order valence-electron chi connectivity index (χ2n) is 5.81. The molecule has 22 heavy (non-hydrogen) atoms. The molecular weight excluding hydrogens is 284 g/mol. The highest BCUT2D eigenvalue weighted by Gasteiger charge is 2.24. The molecule has 1 fully saturated rings. The van der Waals surface area contributed by atoms with Crippen LogP contribution in [0.2, 0.25) is 0 Å². The van der Waals surface area contributed by atoms with Crippen molar-refractivity contribution < 1.29 is 19.4 Å². The van der Waals surface area contributed by atoms with Crippen LogP contribution in [-0.4, -0.2) is 47.6 Å². The number of ether oxygens (including phenoxy) is 1. The number of fused-ring (bicyclic) bond motifs is 1. The number of carboxylic acids is 1. The lowest BCUT2D eigenvalue weighted by atomic mass is 10.1. The van der Waals surface area contributed by atoms with Gasteiger partial charge in [-0.05, 0) is 37.5 Å². The van der Waals surface area contributed by atoms with Gasteiger partial charge < -0.3 is 20.1 Å². The highest BCUT2D eigenvalue weighted by Crippen LogP contribution is 2.31. The molecule has 2 heterocycles. The Bertz CT molecular complexity index is 582. The highest BCUT2D eigenvalue weighted by molar-refractivity contribution is 5.95. The van der Waals surface area contributed by atoms with Crippen molar-refractivity contribution in [3.63, 3.8) is 0 Å². The van der Waals surface area contributed by atoms with Gasteiger partial charge in [0.2, 0.25) is 0 Å². The summed E-state index contributed by atoms with van der Waals surface area (Å²) in [4.78, 5) is 25.2. The van der Waals surface area contributed by atoms with Crippen LogP contribution in [0.1, 0.15) is 36.0 Å². The van der Waals surface area contributed by atoms with E-state index in [4.69, 9.17) is 9.84 Å². The van der Waals surface area contributed by atoms with Gasteiger partial charge in [0, 0.05) is 18.7 Å². The van der Waals surface area contributed by atoms with Gasteiger partial charge in [-0.15, -0.1) is 0 Å². The number of likely N-dealkylation sites (tertiary alicyclic amines) is 1. The van der Waals surface area contributed by atoms with Crippen LogP contribution in [0.4, 0.5) is 5.69 Å². The first kappa shape index (κ1) is 14.7. The molecule has 0 aliphatic carbocycles. The van der Waals surface area contributed by atoms with E-state index in [1.54, 1.807) is 18.2 Å². The predicted molar refractivity (Wildman–Crippen MR) is 81.4 cm³/mol. The van der Waals surface area contributed by atoms with E-state index in [1.165, 1.54) is 6.42 Å². The molecule has 6 heteroatoms. The van der Waals surface area contributed by atoms with Crippen molar-refractivity contribution >= 4 is 17.6 Å². The molecule has 1 aromatic carbocycles. The minimum absolute atomic E-state index is 0.0102. The Labute approximate surface area is 129 Å². The summed E-state index contributed by atoms with van der Waals surface area (Å²) in [6, 6.07) is 5.04. The van der Waals surface area contributed by atoms with E-state index in [1.807, 2.05) is 4.90 Å². The van der Waals surface area contributed by atoms with Crippen LogP contribution in [0.25, 0.3) is 0 Å². The number of piperidine rings is 1. The largest absolute Gasteiger partial charge is 0.489 e. The average molecular weight is 304 g/mol. The van der Waals surface area contributed by atoms with E-state index in [0.29, 0.717) is 23.6 Å². The maximum atomic E-state index is 12.5. The third-order valence-corrected chi connectivity index (χ3v) is 4.09. The Hall–Kier alpha value is -2.24. The monoisotopic (exact) mass is 304 g/mol. The first-order valence-electron chi connectivity index (χ1n) is 7.68. The van der Waals surface area contributed by atoms with Gasteiger partial charge in [-0.2, -0.15) is 0 Å². The first-order chi connectivity index (χ1) is 10.6. The van der Waals surface area contributed by atoms with Crippen LogP contribution in [-0.2, 0) is 4.79 Å². The summed E-state index contributed by atoms with van der Waals surface area (Å²) in [7, 11) is 0. The molecule has 2 aliphatic rings. The van der Waals surface area contributed by atoms with Crippen molar-refractivity contribution in [3.05, 3.63) is 23.8 Å². The quantitative estimate of drug-likeness (QED) is 0.892. The number of nitrogens with one attached hydrogen (secondary N) is 1. The predicted octanol–water partition coefficient (Wildman–Crippen LogP) is 1.96. The lowest BCUT2D eigenvalue weighted by molar-refractivity contribution is -0.137. The number of hydrogen-bond donors (Lipinski definition) is 2. The summed E-state index contributed by atoms with van der Waals surface area (Å²) in [6.07, 6.45) is 3.28. The maximum Gasteiger partial charge on any atom is 0.305 e. The van der Waals surface area contributed by atoms with E-state index in [9.17, 15) is 9.59 Å². The van der Waals surface area contributed by atoms with E-state index < -0.39 is 5.97 Å². The average Bonchev–Trinajstić information content (AvgIpc) is 2.54. The second-order valence-corrected chi connectivity index (χ2v) is 5.81. The maximum absolute atomic E-state index is 12.5. The fraction of sp³-hybridized carbons (Fsp3) is 0.500. The van der Waals surface area contributed by atoms with Gasteiger partial charge in [0.15, 0.2) is 0 Å². The smallest absolute Gasteiger partial charge is 0.305 e. The van der Waals surface area contributed by atoms with Crippen LogP contribution >= 0.6 is 0 Å². The van der Waals surface area contributed by atoms with E-state index in [-0.39, 0.29) is 18.4 Å². The van der Waals surface area contributed by atoms with E-state index in [2.05, 4.69) is 5.32 Å². The minimum Gasteiger partial charge on any atom is -0.489 e. The molecule has 0 spiro atoms. The van der Waals surface area contributed by atoms with E-state index in [0.717, 1.165) is 25.9 Å². The van der Waals surface area contributed by atoms with Gasteiger partial charge in [-0.1, -0.05) is 0 Å². The summed E-state index contributed by atoms with van der Waals surface area (Å²) < 4.78 is 5.57. The molecule has 0 aromatic heterocycles. The molecule has 0 bridgehead atoms. The number of carboxylic acid groups (broad SMARTS) is 1. The van der Waals surface area contributed by atoms with Gasteiger partial charge in [-0.25, -0.2) is 0 Å². The number of benzene rings is 1. The van der Waals surface area contributed by atoms with Crippen molar-refractivity contribution in [2.45, 2.75) is 31.7 Å². The summed E-state index contributed by atoms with van der Waals surface area (Å²) in [5, 5.41) is 12.0. The van der Waals surface area contributed by atoms with Gasteiger partial charge in [0.05, 0.1) is 18.2 Å². The SMILES string of the molecule is O=C(O)CC1COc2ccc(C(=O)N3CCCCC3)cc2N1. The minimum atomic E-state index is -0.870. The van der Waals surface area contributed by atoms with Crippen LogP contribution in [0.15, 0.2) is 18.2 Å².